The van der Waals surface area contributed by atoms with Crippen molar-refractivity contribution in [2.24, 2.45) is 0 Å². The number of halogens is 2. The molecule has 5 heteroatoms. The van der Waals surface area contributed by atoms with Crippen molar-refractivity contribution in [1.29, 1.82) is 0 Å². The highest BCUT2D eigenvalue weighted by molar-refractivity contribution is 9.11. The third kappa shape index (κ3) is 3.21. The van der Waals surface area contributed by atoms with Crippen molar-refractivity contribution < 1.29 is 4.74 Å². The van der Waals surface area contributed by atoms with Gasteiger partial charge in [-0.15, -0.1) is 11.3 Å². The van der Waals surface area contributed by atoms with Crippen molar-refractivity contribution in [1.82, 2.24) is 5.32 Å². The second-order valence-corrected chi connectivity index (χ2v) is 7.92. The zero-order valence-corrected chi connectivity index (χ0v) is 14.1. The minimum atomic E-state index is 0.363. The van der Waals surface area contributed by atoms with E-state index < -0.39 is 0 Å². The van der Waals surface area contributed by atoms with Crippen LogP contribution in [0.1, 0.15) is 22.9 Å². The summed E-state index contributed by atoms with van der Waals surface area (Å²) in [6.45, 7) is 1.67. The molecule has 0 saturated heterocycles. The Morgan fingerprint density at radius 1 is 1.26 bits per heavy atom. The fraction of sp³-hybridized carbons (Fsp3) is 0.286. The van der Waals surface area contributed by atoms with Gasteiger partial charge in [0, 0.05) is 33.9 Å². The third-order valence-electron chi connectivity index (χ3n) is 3.16. The van der Waals surface area contributed by atoms with Gasteiger partial charge in [-0.2, -0.15) is 0 Å². The quantitative estimate of drug-likeness (QED) is 0.789. The lowest BCUT2D eigenvalue weighted by molar-refractivity contribution is 0.252. The number of nitrogens with one attached hydrogen (secondary N) is 1. The molecule has 100 valence electrons. The SMILES string of the molecule is Brc1ccc2c(c1)C(NCc1ccc(Br)s1)CCO2. The molecule has 1 aromatic heterocycles. The Labute approximate surface area is 133 Å². The lowest BCUT2D eigenvalue weighted by Crippen LogP contribution is -2.26. The largest absolute Gasteiger partial charge is 0.493 e. The molecule has 0 saturated carbocycles. The smallest absolute Gasteiger partial charge is 0.124 e. The van der Waals surface area contributed by atoms with E-state index in [1.54, 1.807) is 11.3 Å². The van der Waals surface area contributed by atoms with Crippen LogP contribution in [0.4, 0.5) is 0 Å². The number of hydrogen-bond donors (Lipinski definition) is 1. The molecule has 1 aromatic carbocycles. The van der Waals surface area contributed by atoms with Crippen molar-refractivity contribution in [2.45, 2.75) is 19.0 Å². The number of hydrogen-bond acceptors (Lipinski definition) is 3. The molecule has 19 heavy (non-hydrogen) atoms. The van der Waals surface area contributed by atoms with E-state index in [0.29, 0.717) is 6.04 Å². The van der Waals surface area contributed by atoms with Gasteiger partial charge in [0.25, 0.3) is 0 Å². The Bertz CT molecular complexity index is 585. The van der Waals surface area contributed by atoms with Crippen LogP contribution in [0, 0.1) is 0 Å². The van der Waals surface area contributed by atoms with Crippen LogP contribution in [0.3, 0.4) is 0 Å². The average molecular weight is 403 g/mol. The molecule has 1 aliphatic heterocycles. The number of benzene rings is 1. The van der Waals surface area contributed by atoms with Gasteiger partial charge in [-0.25, -0.2) is 0 Å². The summed E-state index contributed by atoms with van der Waals surface area (Å²) in [4.78, 5) is 1.34. The summed E-state index contributed by atoms with van der Waals surface area (Å²) >= 11 is 8.80. The van der Waals surface area contributed by atoms with Crippen molar-refractivity contribution >= 4 is 43.2 Å². The molecule has 0 radical (unpaired) electrons. The van der Waals surface area contributed by atoms with E-state index in [2.05, 4.69) is 55.4 Å². The van der Waals surface area contributed by atoms with Gasteiger partial charge in [-0.05, 0) is 46.3 Å². The van der Waals surface area contributed by atoms with Crippen LogP contribution >= 0.6 is 43.2 Å². The van der Waals surface area contributed by atoms with E-state index in [-0.39, 0.29) is 0 Å². The minimum Gasteiger partial charge on any atom is -0.493 e. The van der Waals surface area contributed by atoms with Crippen LogP contribution in [0.2, 0.25) is 0 Å². The lowest BCUT2D eigenvalue weighted by atomic mass is 10.0. The van der Waals surface area contributed by atoms with Crippen molar-refractivity contribution in [3.05, 3.63) is 49.0 Å². The molecule has 0 fully saturated rings. The molecule has 0 amide bonds. The predicted octanol–water partition coefficient (Wildman–Crippen LogP) is 4.89. The van der Waals surface area contributed by atoms with Gasteiger partial charge < -0.3 is 10.1 Å². The third-order valence-corrected chi connectivity index (χ3v) is 5.28. The zero-order valence-electron chi connectivity index (χ0n) is 10.2. The number of thiophene rings is 1. The Hall–Kier alpha value is -0.360. The van der Waals surface area contributed by atoms with Gasteiger partial charge in [0.05, 0.1) is 10.4 Å². The molecule has 3 rings (SSSR count). The summed E-state index contributed by atoms with van der Waals surface area (Å²) in [5.74, 6) is 0.999. The van der Waals surface area contributed by atoms with E-state index in [9.17, 15) is 0 Å². The molecule has 0 aliphatic carbocycles. The van der Waals surface area contributed by atoms with Gasteiger partial charge in [-0.1, -0.05) is 15.9 Å². The van der Waals surface area contributed by atoms with Crippen molar-refractivity contribution in [3.8, 4) is 5.75 Å². The molecule has 2 aromatic rings. The zero-order chi connectivity index (χ0) is 13.2. The van der Waals surface area contributed by atoms with Crippen LogP contribution < -0.4 is 10.1 Å². The Morgan fingerprint density at radius 2 is 2.16 bits per heavy atom. The van der Waals surface area contributed by atoms with Crippen molar-refractivity contribution in [2.75, 3.05) is 6.61 Å². The molecule has 1 aliphatic rings. The van der Waals surface area contributed by atoms with Gasteiger partial charge in [0.15, 0.2) is 0 Å². The predicted molar refractivity (Wildman–Crippen MR) is 85.9 cm³/mol. The maximum Gasteiger partial charge on any atom is 0.124 e. The molecular formula is C14H13Br2NOS. The maximum atomic E-state index is 5.70. The molecule has 2 heterocycles. The first-order chi connectivity index (χ1) is 9.22. The van der Waals surface area contributed by atoms with Gasteiger partial charge in [-0.3, -0.25) is 0 Å². The Kier molecular flexibility index (Phi) is 4.27. The van der Waals surface area contributed by atoms with E-state index in [1.165, 1.54) is 14.2 Å². The topological polar surface area (TPSA) is 21.3 Å². The highest BCUT2D eigenvalue weighted by Crippen LogP contribution is 2.34. The van der Waals surface area contributed by atoms with Crippen LogP contribution in [-0.2, 0) is 6.54 Å². The van der Waals surface area contributed by atoms with Crippen LogP contribution in [0.5, 0.6) is 5.75 Å². The second-order valence-electron chi connectivity index (χ2n) is 4.46. The fourth-order valence-electron chi connectivity index (χ4n) is 2.25. The summed E-state index contributed by atoms with van der Waals surface area (Å²) in [5, 5.41) is 3.62. The van der Waals surface area contributed by atoms with Gasteiger partial charge >= 0.3 is 0 Å². The van der Waals surface area contributed by atoms with E-state index in [0.717, 1.165) is 29.8 Å². The lowest BCUT2D eigenvalue weighted by Gasteiger charge is -2.27. The number of ether oxygens (including phenoxy) is 1. The first-order valence-electron chi connectivity index (χ1n) is 6.12. The first kappa shape index (κ1) is 13.6. The van der Waals surface area contributed by atoms with Crippen LogP contribution in [0.15, 0.2) is 38.6 Å². The number of rotatable bonds is 3. The van der Waals surface area contributed by atoms with E-state index in [4.69, 9.17) is 4.74 Å². The number of fused-ring (bicyclic) bond motifs is 1. The minimum absolute atomic E-state index is 0.363. The first-order valence-corrected chi connectivity index (χ1v) is 8.52. The fourth-order valence-corrected chi connectivity index (χ4v) is 4.06. The summed E-state index contributed by atoms with van der Waals surface area (Å²) in [6, 6.07) is 10.8. The molecule has 1 N–H and O–H groups in total. The van der Waals surface area contributed by atoms with E-state index >= 15 is 0 Å². The summed E-state index contributed by atoms with van der Waals surface area (Å²) in [6.07, 6.45) is 1.01. The van der Waals surface area contributed by atoms with Crippen LogP contribution in [0.25, 0.3) is 0 Å². The maximum absolute atomic E-state index is 5.70. The van der Waals surface area contributed by atoms with Gasteiger partial charge in [0.2, 0.25) is 0 Å². The van der Waals surface area contributed by atoms with Crippen molar-refractivity contribution in [3.63, 3.8) is 0 Å². The Morgan fingerprint density at radius 3 is 2.95 bits per heavy atom. The average Bonchev–Trinajstić information content (AvgIpc) is 2.82. The summed E-state index contributed by atoms with van der Waals surface area (Å²) < 4.78 is 7.98. The standard InChI is InChI=1S/C14H13Br2NOS/c15-9-1-3-13-11(7-9)12(5-6-18-13)17-8-10-2-4-14(16)19-10/h1-4,7,12,17H,5-6,8H2. The monoisotopic (exact) mass is 401 g/mol. The molecular weight excluding hydrogens is 390 g/mol. The van der Waals surface area contributed by atoms with Gasteiger partial charge in [0.1, 0.15) is 5.75 Å². The van der Waals surface area contributed by atoms with Crippen LogP contribution in [-0.4, -0.2) is 6.61 Å². The molecule has 0 bridgehead atoms. The summed E-state index contributed by atoms with van der Waals surface area (Å²) in [7, 11) is 0. The molecule has 0 spiro atoms. The molecule has 1 unspecified atom stereocenters. The second kappa shape index (κ2) is 5.95. The Balaban J connectivity index is 1.74. The summed E-state index contributed by atoms with van der Waals surface area (Å²) in [5.41, 5.74) is 1.25. The molecule has 1 atom stereocenters. The normalized spacial score (nSPS) is 17.9. The molecule has 2 nitrogen and oxygen atoms in total. The van der Waals surface area contributed by atoms with E-state index in [1.807, 2.05) is 12.1 Å². The highest BCUT2D eigenvalue weighted by Gasteiger charge is 2.21. The highest BCUT2D eigenvalue weighted by atomic mass is 79.9.